The van der Waals surface area contributed by atoms with Crippen LogP contribution in [-0.2, 0) is 0 Å². The molecule has 118 valence electrons. The molecule has 0 saturated heterocycles. The van der Waals surface area contributed by atoms with Gasteiger partial charge in [0.1, 0.15) is 0 Å². The fraction of sp³-hybridized carbons (Fsp3) is 0.500. The standard InChI is InChI=1S/C20H27NO/c1-15-13-19(17-9-5-3-6-10-17)21(14-15)16(2)20(22)18-11-7-4-8-12-18/h4,7-8,11-14,16-17,20,22H,3,5-6,9-10H2,1-2H3/t16-,20-/m1/s1. The highest BCUT2D eigenvalue weighted by Crippen LogP contribution is 2.37. The smallest absolute Gasteiger partial charge is 0.0994 e. The van der Waals surface area contributed by atoms with Gasteiger partial charge in [0.15, 0.2) is 0 Å². The summed E-state index contributed by atoms with van der Waals surface area (Å²) in [6.45, 7) is 4.29. The van der Waals surface area contributed by atoms with E-state index in [1.807, 2.05) is 30.3 Å². The lowest BCUT2D eigenvalue weighted by molar-refractivity contribution is 0.119. The van der Waals surface area contributed by atoms with Crippen LogP contribution in [0, 0.1) is 6.92 Å². The van der Waals surface area contributed by atoms with E-state index in [0.29, 0.717) is 5.92 Å². The van der Waals surface area contributed by atoms with Gasteiger partial charge in [-0.05, 0) is 49.8 Å². The molecule has 0 amide bonds. The molecule has 1 aromatic carbocycles. The highest BCUT2D eigenvalue weighted by Gasteiger charge is 2.24. The van der Waals surface area contributed by atoms with E-state index in [2.05, 4.69) is 30.7 Å². The van der Waals surface area contributed by atoms with Crippen molar-refractivity contribution >= 4 is 0 Å². The van der Waals surface area contributed by atoms with Crippen LogP contribution in [0.15, 0.2) is 42.6 Å². The zero-order chi connectivity index (χ0) is 15.5. The minimum Gasteiger partial charge on any atom is -0.386 e. The van der Waals surface area contributed by atoms with Gasteiger partial charge in [-0.1, -0.05) is 49.6 Å². The van der Waals surface area contributed by atoms with E-state index in [-0.39, 0.29) is 6.04 Å². The molecule has 1 aliphatic rings. The van der Waals surface area contributed by atoms with E-state index in [4.69, 9.17) is 0 Å². The van der Waals surface area contributed by atoms with Crippen molar-refractivity contribution in [1.29, 1.82) is 0 Å². The Hall–Kier alpha value is -1.54. The zero-order valence-electron chi connectivity index (χ0n) is 13.7. The summed E-state index contributed by atoms with van der Waals surface area (Å²) >= 11 is 0. The summed E-state index contributed by atoms with van der Waals surface area (Å²) < 4.78 is 2.32. The van der Waals surface area contributed by atoms with Crippen LogP contribution in [0.5, 0.6) is 0 Å². The van der Waals surface area contributed by atoms with Crippen molar-refractivity contribution < 1.29 is 5.11 Å². The Kier molecular flexibility index (Phi) is 4.68. The summed E-state index contributed by atoms with van der Waals surface area (Å²) in [6, 6.07) is 12.4. The lowest BCUT2D eigenvalue weighted by Gasteiger charge is -2.28. The van der Waals surface area contributed by atoms with E-state index in [9.17, 15) is 5.11 Å². The van der Waals surface area contributed by atoms with Gasteiger partial charge in [0.2, 0.25) is 0 Å². The van der Waals surface area contributed by atoms with Gasteiger partial charge in [-0.3, -0.25) is 0 Å². The third-order valence-electron chi connectivity index (χ3n) is 5.08. The van der Waals surface area contributed by atoms with Gasteiger partial charge in [0.05, 0.1) is 12.1 Å². The Bertz CT molecular complexity index is 595. The molecule has 3 rings (SSSR count). The lowest BCUT2D eigenvalue weighted by atomic mass is 9.86. The molecule has 0 spiro atoms. The van der Waals surface area contributed by atoms with Gasteiger partial charge in [0, 0.05) is 11.9 Å². The second-order valence-corrected chi connectivity index (χ2v) is 6.78. The summed E-state index contributed by atoms with van der Waals surface area (Å²) in [4.78, 5) is 0. The van der Waals surface area contributed by atoms with Crippen molar-refractivity contribution in [3.05, 3.63) is 59.4 Å². The summed E-state index contributed by atoms with van der Waals surface area (Å²) in [7, 11) is 0. The molecule has 2 aromatic rings. The third-order valence-corrected chi connectivity index (χ3v) is 5.08. The predicted molar refractivity (Wildman–Crippen MR) is 91.1 cm³/mol. The van der Waals surface area contributed by atoms with E-state index in [0.717, 1.165) is 5.56 Å². The van der Waals surface area contributed by atoms with Crippen LogP contribution in [-0.4, -0.2) is 9.67 Å². The van der Waals surface area contributed by atoms with Crippen LogP contribution >= 0.6 is 0 Å². The number of benzene rings is 1. The SMILES string of the molecule is Cc1cc(C2CCCCC2)n([C@H](C)[C@@H](O)c2ccccc2)c1. The molecule has 0 unspecified atom stereocenters. The van der Waals surface area contributed by atoms with Crippen molar-refractivity contribution in [2.45, 2.75) is 64.0 Å². The zero-order valence-corrected chi connectivity index (χ0v) is 13.7. The van der Waals surface area contributed by atoms with E-state index < -0.39 is 6.10 Å². The maximum Gasteiger partial charge on any atom is 0.0994 e. The van der Waals surface area contributed by atoms with Crippen LogP contribution in [0.1, 0.15) is 73.9 Å². The van der Waals surface area contributed by atoms with E-state index in [1.54, 1.807) is 0 Å². The van der Waals surface area contributed by atoms with Crippen molar-refractivity contribution in [2.24, 2.45) is 0 Å². The van der Waals surface area contributed by atoms with Crippen molar-refractivity contribution in [1.82, 2.24) is 4.57 Å². The molecule has 2 heteroatoms. The monoisotopic (exact) mass is 297 g/mol. The minimum atomic E-state index is -0.463. The van der Waals surface area contributed by atoms with Gasteiger partial charge >= 0.3 is 0 Å². The molecule has 1 N–H and O–H groups in total. The summed E-state index contributed by atoms with van der Waals surface area (Å²) in [6.07, 6.45) is 8.37. The van der Waals surface area contributed by atoms with Crippen LogP contribution in [0.25, 0.3) is 0 Å². The lowest BCUT2D eigenvalue weighted by Crippen LogP contribution is -2.18. The minimum absolute atomic E-state index is 0.0630. The first-order valence-electron chi connectivity index (χ1n) is 8.58. The van der Waals surface area contributed by atoms with Gasteiger partial charge in [0.25, 0.3) is 0 Å². The van der Waals surface area contributed by atoms with E-state index in [1.165, 1.54) is 43.4 Å². The predicted octanol–water partition coefficient (Wildman–Crippen LogP) is 5.14. The molecule has 0 aliphatic heterocycles. The fourth-order valence-electron chi connectivity index (χ4n) is 3.80. The first kappa shape index (κ1) is 15.4. The van der Waals surface area contributed by atoms with Crippen LogP contribution in [0.2, 0.25) is 0 Å². The Morgan fingerprint density at radius 1 is 1.09 bits per heavy atom. The number of hydrogen-bond acceptors (Lipinski definition) is 1. The highest BCUT2D eigenvalue weighted by molar-refractivity contribution is 5.24. The molecule has 22 heavy (non-hydrogen) atoms. The number of hydrogen-bond donors (Lipinski definition) is 1. The van der Waals surface area contributed by atoms with Gasteiger partial charge < -0.3 is 9.67 Å². The van der Waals surface area contributed by atoms with E-state index >= 15 is 0 Å². The average Bonchev–Trinajstić information content (AvgIpc) is 2.97. The number of rotatable bonds is 4. The molecular weight excluding hydrogens is 270 g/mol. The quantitative estimate of drug-likeness (QED) is 0.830. The van der Waals surface area contributed by atoms with Crippen LogP contribution in [0.4, 0.5) is 0 Å². The molecule has 2 nitrogen and oxygen atoms in total. The molecule has 1 aromatic heterocycles. The van der Waals surface area contributed by atoms with Crippen molar-refractivity contribution in [2.75, 3.05) is 0 Å². The van der Waals surface area contributed by atoms with Crippen molar-refractivity contribution in [3.63, 3.8) is 0 Å². The second-order valence-electron chi connectivity index (χ2n) is 6.78. The number of nitrogens with zero attached hydrogens (tertiary/aromatic N) is 1. The van der Waals surface area contributed by atoms with Gasteiger partial charge in [-0.15, -0.1) is 0 Å². The molecule has 1 saturated carbocycles. The third kappa shape index (κ3) is 3.12. The Morgan fingerprint density at radius 3 is 2.45 bits per heavy atom. The van der Waals surface area contributed by atoms with Crippen LogP contribution < -0.4 is 0 Å². The number of aliphatic hydroxyl groups is 1. The molecule has 1 fully saturated rings. The number of aromatic nitrogens is 1. The maximum absolute atomic E-state index is 10.8. The largest absolute Gasteiger partial charge is 0.386 e. The van der Waals surface area contributed by atoms with Gasteiger partial charge in [-0.2, -0.15) is 0 Å². The molecular formula is C20H27NO. The molecule has 0 radical (unpaired) electrons. The fourth-order valence-corrected chi connectivity index (χ4v) is 3.80. The number of aryl methyl sites for hydroxylation is 1. The Labute approximate surface area is 133 Å². The Morgan fingerprint density at radius 2 is 1.77 bits per heavy atom. The first-order chi connectivity index (χ1) is 10.7. The topological polar surface area (TPSA) is 25.2 Å². The highest BCUT2D eigenvalue weighted by atomic mass is 16.3. The normalized spacial score (nSPS) is 19.0. The average molecular weight is 297 g/mol. The molecule has 1 heterocycles. The van der Waals surface area contributed by atoms with Gasteiger partial charge in [-0.25, -0.2) is 0 Å². The Balaban J connectivity index is 1.87. The molecule has 2 atom stereocenters. The summed E-state index contributed by atoms with van der Waals surface area (Å²) in [5.41, 5.74) is 3.71. The number of aliphatic hydroxyl groups excluding tert-OH is 1. The first-order valence-corrected chi connectivity index (χ1v) is 8.58. The van der Waals surface area contributed by atoms with Crippen molar-refractivity contribution in [3.8, 4) is 0 Å². The molecule has 1 aliphatic carbocycles. The summed E-state index contributed by atoms with van der Waals surface area (Å²) in [5.74, 6) is 0.660. The second kappa shape index (κ2) is 6.70. The van der Waals surface area contributed by atoms with Crippen LogP contribution in [0.3, 0.4) is 0 Å². The summed E-state index contributed by atoms with van der Waals surface area (Å²) in [5, 5.41) is 10.8. The molecule has 0 bridgehead atoms. The maximum atomic E-state index is 10.8.